The van der Waals surface area contributed by atoms with Gasteiger partial charge in [0.15, 0.2) is 0 Å². The molecule has 2 atom stereocenters. The number of halogens is 1. The van der Waals surface area contributed by atoms with Gasteiger partial charge in [-0.1, -0.05) is 18.2 Å². The second-order valence-corrected chi connectivity index (χ2v) is 5.31. The number of carbonyl (C=O) groups is 1. The molecule has 0 aliphatic carbocycles. The van der Waals surface area contributed by atoms with E-state index in [0.717, 1.165) is 19.4 Å². The third-order valence-electron chi connectivity index (χ3n) is 3.99. The average molecular weight is 278 g/mol. The van der Waals surface area contributed by atoms with Crippen LogP contribution in [0.1, 0.15) is 24.5 Å². The number of hydrogen-bond donors (Lipinski definition) is 1. The highest BCUT2D eigenvalue weighted by atomic mass is 19.1. The van der Waals surface area contributed by atoms with Gasteiger partial charge < -0.3 is 15.0 Å². The number of hydrogen-bond acceptors (Lipinski definition) is 3. The molecule has 2 fully saturated rings. The quantitative estimate of drug-likeness (QED) is 0.891. The van der Waals surface area contributed by atoms with Crippen molar-refractivity contribution in [1.29, 1.82) is 0 Å². The van der Waals surface area contributed by atoms with Crippen molar-refractivity contribution in [3.8, 4) is 0 Å². The Morgan fingerprint density at radius 3 is 3.00 bits per heavy atom. The topological polar surface area (TPSA) is 41.6 Å². The van der Waals surface area contributed by atoms with Crippen LogP contribution in [0.4, 0.5) is 4.39 Å². The summed E-state index contributed by atoms with van der Waals surface area (Å²) in [6.07, 6.45) is 1.56. The van der Waals surface area contributed by atoms with E-state index in [1.807, 2.05) is 0 Å². The summed E-state index contributed by atoms with van der Waals surface area (Å²) in [5, 5.41) is 3.21. The number of morpholine rings is 1. The Balaban J connectivity index is 1.70. The van der Waals surface area contributed by atoms with Gasteiger partial charge in [-0.15, -0.1) is 0 Å². The Bertz CT molecular complexity index is 489. The number of carbonyl (C=O) groups excluding carboxylic acids is 1. The molecule has 2 aliphatic rings. The third kappa shape index (κ3) is 2.69. The minimum absolute atomic E-state index is 0.0747. The number of rotatable bonds is 2. The van der Waals surface area contributed by atoms with Gasteiger partial charge in [-0.2, -0.15) is 0 Å². The standard InChI is InChI=1S/C15H19FN2O2/c16-12-5-2-1-4-11(12)14-10-18(8-9-20-14)15(19)13-6-3-7-17-13/h1-2,4-5,13-14,17H,3,6-10H2. The summed E-state index contributed by atoms with van der Waals surface area (Å²) in [6, 6.07) is 6.53. The number of nitrogens with one attached hydrogen (secondary N) is 1. The van der Waals surface area contributed by atoms with E-state index in [1.54, 1.807) is 23.1 Å². The Labute approximate surface area is 117 Å². The first kappa shape index (κ1) is 13.5. The molecule has 20 heavy (non-hydrogen) atoms. The predicted molar refractivity (Wildman–Crippen MR) is 72.7 cm³/mol. The molecule has 1 N–H and O–H groups in total. The van der Waals surface area contributed by atoms with Crippen molar-refractivity contribution < 1.29 is 13.9 Å². The van der Waals surface area contributed by atoms with Crippen LogP contribution in [-0.4, -0.2) is 43.1 Å². The maximum Gasteiger partial charge on any atom is 0.239 e. The monoisotopic (exact) mass is 278 g/mol. The van der Waals surface area contributed by atoms with E-state index in [9.17, 15) is 9.18 Å². The average Bonchev–Trinajstić information content (AvgIpc) is 3.01. The van der Waals surface area contributed by atoms with Gasteiger partial charge in [-0.3, -0.25) is 4.79 Å². The fourth-order valence-electron chi connectivity index (χ4n) is 2.89. The summed E-state index contributed by atoms with van der Waals surface area (Å²) in [4.78, 5) is 14.2. The number of benzene rings is 1. The minimum atomic E-state index is -0.365. The summed E-state index contributed by atoms with van der Waals surface area (Å²) in [6.45, 7) is 2.37. The number of ether oxygens (including phenoxy) is 1. The van der Waals surface area contributed by atoms with E-state index < -0.39 is 0 Å². The van der Waals surface area contributed by atoms with E-state index in [4.69, 9.17) is 4.74 Å². The second kappa shape index (κ2) is 5.89. The van der Waals surface area contributed by atoms with Crippen LogP contribution in [0.5, 0.6) is 0 Å². The lowest BCUT2D eigenvalue weighted by Gasteiger charge is -2.34. The molecule has 0 saturated carbocycles. The molecule has 0 aromatic heterocycles. The van der Waals surface area contributed by atoms with Gasteiger partial charge in [0.25, 0.3) is 0 Å². The zero-order valence-corrected chi connectivity index (χ0v) is 11.3. The molecule has 1 amide bonds. The minimum Gasteiger partial charge on any atom is -0.370 e. The zero-order valence-electron chi connectivity index (χ0n) is 11.3. The molecule has 0 bridgehead atoms. The van der Waals surface area contributed by atoms with Gasteiger partial charge in [-0.05, 0) is 25.5 Å². The molecule has 5 heteroatoms. The molecule has 1 aromatic carbocycles. The van der Waals surface area contributed by atoms with Crippen LogP contribution in [0.3, 0.4) is 0 Å². The van der Waals surface area contributed by atoms with Crippen molar-refractivity contribution in [1.82, 2.24) is 10.2 Å². The van der Waals surface area contributed by atoms with Gasteiger partial charge in [0.2, 0.25) is 5.91 Å². The van der Waals surface area contributed by atoms with Gasteiger partial charge in [0, 0.05) is 12.1 Å². The molecule has 1 aromatic rings. The third-order valence-corrected chi connectivity index (χ3v) is 3.99. The fourth-order valence-corrected chi connectivity index (χ4v) is 2.89. The van der Waals surface area contributed by atoms with Gasteiger partial charge >= 0.3 is 0 Å². The highest BCUT2D eigenvalue weighted by molar-refractivity contribution is 5.82. The molecule has 2 unspecified atom stereocenters. The maximum atomic E-state index is 13.8. The van der Waals surface area contributed by atoms with Gasteiger partial charge in [-0.25, -0.2) is 4.39 Å². The lowest BCUT2D eigenvalue weighted by atomic mass is 10.1. The Kier molecular flexibility index (Phi) is 3.98. The van der Waals surface area contributed by atoms with Crippen LogP contribution in [0.25, 0.3) is 0 Å². The Hall–Kier alpha value is -1.46. The van der Waals surface area contributed by atoms with Gasteiger partial charge in [0.1, 0.15) is 11.9 Å². The summed E-state index contributed by atoms with van der Waals surface area (Å²) in [5.74, 6) is -0.155. The molecule has 0 spiro atoms. The van der Waals surface area contributed by atoms with E-state index in [-0.39, 0.29) is 23.9 Å². The SMILES string of the molecule is O=C(C1CCCN1)N1CCOC(c2ccccc2F)C1. The molecule has 108 valence electrons. The number of nitrogens with zero attached hydrogens (tertiary/aromatic N) is 1. The molecule has 0 radical (unpaired) electrons. The molecule has 2 aliphatic heterocycles. The highest BCUT2D eigenvalue weighted by Gasteiger charge is 2.32. The van der Waals surface area contributed by atoms with Crippen LogP contribution in [0.15, 0.2) is 24.3 Å². The molecular weight excluding hydrogens is 259 g/mol. The van der Waals surface area contributed by atoms with Crippen molar-refractivity contribution in [2.75, 3.05) is 26.2 Å². The Morgan fingerprint density at radius 2 is 2.25 bits per heavy atom. The Morgan fingerprint density at radius 1 is 1.40 bits per heavy atom. The zero-order chi connectivity index (χ0) is 13.9. The van der Waals surface area contributed by atoms with E-state index in [0.29, 0.717) is 25.3 Å². The highest BCUT2D eigenvalue weighted by Crippen LogP contribution is 2.25. The van der Waals surface area contributed by atoms with Crippen LogP contribution in [0.2, 0.25) is 0 Å². The van der Waals surface area contributed by atoms with Crippen LogP contribution in [0, 0.1) is 5.82 Å². The maximum absolute atomic E-state index is 13.8. The molecular formula is C15H19FN2O2. The van der Waals surface area contributed by atoms with Crippen LogP contribution in [-0.2, 0) is 9.53 Å². The van der Waals surface area contributed by atoms with Gasteiger partial charge in [0.05, 0.1) is 19.2 Å². The first-order chi connectivity index (χ1) is 9.75. The lowest BCUT2D eigenvalue weighted by Crippen LogP contribution is -2.49. The molecule has 3 rings (SSSR count). The fraction of sp³-hybridized carbons (Fsp3) is 0.533. The van der Waals surface area contributed by atoms with E-state index in [2.05, 4.69) is 5.32 Å². The van der Waals surface area contributed by atoms with Crippen molar-refractivity contribution in [3.05, 3.63) is 35.6 Å². The normalized spacial score (nSPS) is 26.8. The van der Waals surface area contributed by atoms with Crippen molar-refractivity contribution in [2.45, 2.75) is 25.0 Å². The van der Waals surface area contributed by atoms with E-state index >= 15 is 0 Å². The summed E-state index contributed by atoms with van der Waals surface area (Å²) in [7, 11) is 0. The lowest BCUT2D eigenvalue weighted by molar-refractivity contribution is -0.141. The molecule has 2 saturated heterocycles. The molecule has 2 heterocycles. The van der Waals surface area contributed by atoms with Crippen LogP contribution < -0.4 is 5.32 Å². The van der Waals surface area contributed by atoms with Crippen molar-refractivity contribution in [3.63, 3.8) is 0 Å². The van der Waals surface area contributed by atoms with Crippen molar-refractivity contribution >= 4 is 5.91 Å². The van der Waals surface area contributed by atoms with Crippen LogP contribution >= 0.6 is 0 Å². The smallest absolute Gasteiger partial charge is 0.239 e. The first-order valence-electron chi connectivity index (χ1n) is 7.14. The van der Waals surface area contributed by atoms with E-state index in [1.165, 1.54) is 6.07 Å². The molecule has 4 nitrogen and oxygen atoms in total. The summed E-state index contributed by atoms with van der Waals surface area (Å²) >= 11 is 0. The largest absolute Gasteiger partial charge is 0.370 e. The first-order valence-corrected chi connectivity index (χ1v) is 7.14. The summed E-state index contributed by atoms with van der Waals surface area (Å²) in [5.41, 5.74) is 0.532. The summed E-state index contributed by atoms with van der Waals surface area (Å²) < 4.78 is 19.4. The second-order valence-electron chi connectivity index (χ2n) is 5.31. The predicted octanol–water partition coefficient (Wildman–Crippen LogP) is 1.48. The van der Waals surface area contributed by atoms with Crippen molar-refractivity contribution in [2.24, 2.45) is 0 Å². The number of amides is 1.